The molecule has 6 nitrogen and oxygen atoms in total. The Kier molecular flexibility index (Phi) is 5.47. The molecule has 3 aromatic rings. The van der Waals surface area contributed by atoms with Crippen molar-refractivity contribution in [3.05, 3.63) is 65.4 Å². The molecule has 0 saturated carbocycles. The van der Waals surface area contributed by atoms with Crippen molar-refractivity contribution in [2.75, 3.05) is 0 Å². The van der Waals surface area contributed by atoms with E-state index in [0.29, 0.717) is 7.91 Å². The van der Waals surface area contributed by atoms with Crippen LogP contribution in [0.4, 0.5) is 0 Å². The van der Waals surface area contributed by atoms with E-state index in [9.17, 15) is 9.59 Å². The third-order valence-corrected chi connectivity index (χ3v) is 5.90. The minimum Gasteiger partial charge on any atom is -0.329 e. The molecule has 10 heteroatoms. The molecule has 2 aromatic heterocycles. The lowest BCUT2D eigenvalue weighted by molar-refractivity contribution is 0.0435. The molecule has 0 saturated heterocycles. The summed E-state index contributed by atoms with van der Waals surface area (Å²) in [6.07, 6.45) is 0. The fourth-order valence-corrected chi connectivity index (χ4v) is 3.92. The molecular weight excluding hydrogens is 412 g/mol. The van der Waals surface area contributed by atoms with E-state index in [1.165, 1.54) is 56.4 Å². The van der Waals surface area contributed by atoms with Crippen molar-refractivity contribution in [2.45, 2.75) is 13.8 Å². The highest BCUT2D eigenvalue weighted by atomic mass is 32.2. The van der Waals surface area contributed by atoms with Crippen molar-refractivity contribution in [3.63, 3.8) is 0 Å². The molecule has 26 heavy (non-hydrogen) atoms. The van der Waals surface area contributed by atoms with Crippen LogP contribution in [0.15, 0.2) is 35.0 Å². The van der Waals surface area contributed by atoms with Crippen LogP contribution in [0.5, 0.6) is 0 Å². The molecule has 0 bridgehead atoms. The van der Waals surface area contributed by atoms with Gasteiger partial charge in [-0.3, -0.25) is 0 Å². The second-order valence-electron chi connectivity index (χ2n) is 5.21. The normalized spacial score (nSPS) is 10.5. The van der Waals surface area contributed by atoms with Gasteiger partial charge in [0.2, 0.25) is 0 Å². The van der Waals surface area contributed by atoms with Gasteiger partial charge in [0.05, 0.1) is 22.5 Å². The quantitative estimate of drug-likeness (QED) is 0.590. The van der Waals surface area contributed by atoms with E-state index in [4.69, 9.17) is 34.1 Å². The lowest BCUT2D eigenvalue weighted by atomic mass is 10.1. The van der Waals surface area contributed by atoms with Crippen LogP contribution in [0.2, 0.25) is 0 Å². The van der Waals surface area contributed by atoms with Crippen LogP contribution in [0.1, 0.15) is 32.1 Å². The van der Waals surface area contributed by atoms with Crippen LogP contribution in [0.3, 0.4) is 0 Å². The first-order valence-electron chi connectivity index (χ1n) is 7.26. The van der Waals surface area contributed by atoms with Gasteiger partial charge < -0.3 is 9.68 Å². The molecule has 3 rings (SSSR count). The first-order chi connectivity index (χ1) is 12.4. The van der Waals surface area contributed by atoms with E-state index in [2.05, 4.69) is 0 Å². The summed E-state index contributed by atoms with van der Waals surface area (Å²) in [5, 5.41) is 3.60. The van der Waals surface area contributed by atoms with Crippen LogP contribution in [-0.2, 0) is 0 Å². The van der Waals surface area contributed by atoms with Crippen LogP contribution >= 0.6 is 47.1 Å². The Morgan fingerprint density at radius 2 is 1.15 bits per heavy atom. The van der Waals surface area contributed by atoms with Gasteiger partial charge in [-0.15, -0.1) is 22.7 Å². The molecule has 0 spiro atoms. The highest BCUT2D eigenvalue weighted by molar-refractivity contribution is 7.73. The molecule has 134 valence electrons. The zero-order chi connectivity index (χ0) is 18.8. The van der Waals surface area contributed by atoms with E-state index in [1.54, 1.807) is 24.6 Å². The van der Waals surface area contributed by atoms with Crippen molar-refractivity contribution in [3.8, 4) is 0 Å². The van der Waals surface area contributed by atoms with Crippen molar-refractivity contribution in [1.82, 2.24) is 9.46 Å². The maximum atomic E-state index is 12.2. The Balaban J connectivity index is 1.74. The van der Waals surface area contributed by atoms with E-state index in [0.717, 1.165) is 11.4 Å². The Morgan fingerprint density at radius 3 is 1.42 bits per heavy atom. The first-order valence-corrected chi connectivity index (χ1v) is 9.84. The van der Waals surface area contributed by atoms with Crippen LogP contribution < -0.4 is 9.68 Å². The maximum absolute atomic E-state index is 12.2. The summed E-state index contributed by atoms with van der Waals surface area (Å²) in [4.78, 5) is 35.0. The molecule has 0 aliphatic carbocycles. The third kappa shape index (κ3) is 3.83. The van der Waals surface area contributed by atoms with Crippen LogP contribution in [0, 0.1) is 21.8 Å². The molecule has 0 aliphatic heterocycles. The number of aromatic nitrogens is 2. The number of carbonyl (C=O) groups is 2. The van der Waals surface area contributed by atoms with Crippen LogP contribution in [-0.4, -0.2) is 21.4 Å². The van der Waals surface area contributed by atoms with Gasteiger partial charge in [-0.2, -0.15) is 9.46 Å². The van der Waals surface area contributed by atoms with E-state index < -0.39 is 11.9 Å². The minimum atomic E-state index is -0.571. The third-order valence-electron chi connectivity index (χ3n) is 3.34. The summed E-state index contributed by atoms with van der Waals surface area (Å²) < 4.78 is 3.48. The molecule has 0 aliphatic rings. The monoisotopic (exact) mass is 424 g/mol. The second-order valence-corrected chi connectivity index (χ2v) is 8.22. The van der Waals surface area contributed by atoms with E-state index in [1.807, 2.05) is 0 Å². The number of benzene rings is 1. The number of rotatable bonds is 4. The lowest BCUT2D eigenvalue weighted by Crippen LogP contribution is -2.22. The van der Waals surface area contributed by atoms with E-state index >= 15 is 0 Å². The van der Waals surface area contributed by atoms with Gasteiger partial charge in [-0.25, -0.2) is 9.59 Å². The molecular formula is C16H12N2O4S4. The smallest absolute Gasteiger partial charge is 0.329 e. The maximum Gasteiger partial charge on any atom is 0.363 e. The minimum absolute atomic E-state index is 0.289. The zero-order valence-corrected chi connectivity index (χ0v) is 16.9. The highest BCUT2D eigenvalue weighted by Gasteiger charge is 2.15. The molecule has 0 atom stereocenters. The summed E-state index contributed by atoms with van der Waals surface area (Å²) in [6, 6.07) is 5.96. The first kappa shape index (κ1) is 18.6. The van der Waals surface area contributed by atoms with Gasteiger partial charge in [-0.05, 0) is 62.5 Å². The number of hydrogen-bond acceptors (Lipinski definition) is 8. The largest absolute Gasteiger partial charge is 0.363 e. The number of carbonyl (C=O) groups excluding carboxylic acids is 2. The molecule has 0 unspecified atom stereocenters. The van der Waals surface area contributed by atoms with Crippen molar-refractivity contribution in [2.24, 2.45) is 0 Å². The Morgan fingerprint density at radius 1 is 0.808 bits per heavy atom. The Hall–Kier alpha value is -2.14. The number of thiazole rings is 2. The average molecular weight is 425 g/mol. The van der Waals surface area contributed by atoms with Gasteiger partial charge in [0, 0.05) is 10.8 Å². The Labute approximate surface area is 166 Å². The standard InChI is InChI=1S/C16H12N2O4S4/c1-9-7-25-15(23)17(9)21-13(19)11-3-5-12(6-4-11)14(20)22-18-10(2)8-26-16(18)24/h3-8H,1-2H3. The number of hydrogen-bond donors (Lipinski definition) is 0. The van der Waals surface area contributed by atoms with Crippen molar-refractivity contribution in [1.29, 1.82) is 0 Å². The summed E-state index contributed by atoms with van der Waals surface area (Å²) in [6.45, 7) is 3.58. The van der Waals surface area contributed by atoms with Gasteiger partial charge in [0.1, 0.15) is 0 Å². The summed E-state index contributed by atoms with van der Waals surface area (Å²) in [5.74, 6) is -1.14. The topological polar surface area (TPSA) is 62.5 Å². The van der Waals surface area contributed by atoms with Crippen LogP contribution in [0.25, 0.3) is 0 Å². The molecule has 0 fully saturated rings. The molecule has 0 amide bonds. The number of nitrogens with zero attached hydrogens (tertiary/aromatic N) is 2. The van der Waals surface area contributed by atoms with Gasteiger partial charge in [-0.1, -0.05) is 0 Å². The molecule has 0 N–H and O–H groups in total. The van der Waals surface area contributed by atoms with Gasteiger partial charge >= 0.3 is 11.9 Å². The molecule has 0 radical (unpaired) electrons. The molecule has 2 heterocycles. The SMILES string of the molecule is Cc1csc(=S)n1OC(=O)c1ccc(C(=O)On2c(C)csc2=S)cc1. The predicted octanol–water partition coefficient (Wildman–Crippen LogP) is 4.03. The van der Waals surface area contributed by atoms with E-state index in [-0.39, 0.29) is 11.1 Å². The number of aryl methyl sites for hydroxylation is 2. The fraction of sp³-hybridized carbons (Fsp3) is 0.125. The van der Waals surface area contributed by atoms with Crippen molar-refractivity contribution >= 4 is 59.0 Å². The van der Waals surface area contributed by atoms with Crippen molar-refractivity contribution < 1.29 is 19.3 Å². The second kappa shape index (κ2) is 7.62. The highest BCUT2D eigenvalue weighted by Crippen LogP contribution is 2.12. The summed E-state index contributed by atoms with van der Waals surface area (Å²) in [7, 11) is 0. The lowest BCUT2D eigenvalue weighted by Gasteiger charge is -2.08. The summed E-state index contributed by atoms with van der Waals surface area (Å²) >= 11 is 12.8. The van der Waals surface area contributed by atoms with Gasteiger partial charge in [0.25, 0.3) is 0 Å². The Bertz CT molecular complexity index is 1000. The fourth-order valence-electron chi connectivity index (χ4n) is 1.98. The summed E-state index contributed by atoms with van der Waals surface area (Å²) in [5.41, 5.74) is 2.04. The average Bonchev–Trinajstić information content (AvgIpc) is 3.12. The molecule has 1 aromatic carbocycles. The van der Waals surface area contributed by atoms with Gasteiger partial charge in [0.15, 0.2) is 7.91 Å². The zero-order valence-electron chi connectivity index (χ0n) is 13.6. The predicted molar refractivity (Wildman–Crippen MR) is 104 cm³/mol.